The van der Waals surface area contributed by atoms with E-state index < -0.39 is 6.10 Å². The van der Waals surface area contributed by atoms with E-state index in [1.807, 2.05) is 24.3 Å². The van der Waals surface area contributed by atoms with Gasteiger partial charge in [0.15, 0.2) is 0 Å². The highest BCUT2D eigenvalue weighted by atomic mass is 16.5. The minimum atomic E-state index is -0.850. The van der Waals surface area contributed by atoms with Gasteiger partial charge in [-0.15, -0.1) is 0 Å². The SMILES string of the molecule is COc1ccc(CCC(O)C=O)cc1. The number of hydrogen-bond donors (Lipinski definition) is 1. The number of aryl methyl sites for hydroxylation is 1. The number of methoxy groups -OCH3 is 1. The zero-order valence-electron chi connectivity index (χ0n) is 8.14. The van der Waals surface area contributed by atoms with Gasteiger partial charge in [0.1, 0.15) is 18.1 Å². The van der Waals surface area contributed by atoms with Gasteiger partial charge in [-0.3, -0.25) is 0 Å². The number of hydrogen-bond acceptors (Lipinski definition) is 3. The van der Waals surface area contributed by atoms with Crippen molar-refractivity contribution < 1.29 is 14.6 Å². The third-order valence-corrected chi connectivity index (χ3v) is 2.04. The van der Waals surface area contributed by atoms with Gasteiger partial charge in [0.25, 0.3) is 0 Å². The molecule has 0 fully saturated rings. The fourth-order valence-electron chi connectivity index (χ4n) is 1.17. The molecule has 0 aliphatic carbocycles. The first-order valence-corrected chi connectivity index (χ1v) is 4.52. The van der Waals surface area contributed by atoms with Gasteiger partial charge in [-0.1, -0.05) is 12.1 Å². The van der Waals surface area contributed by atoms with Gasteiger partial charge in [0, 0.05) is 0 Å². The Labute approximate surface area is 83.3 Å². The van der Waals surface area contributed by atoms with Crippen molar-refractivity contribution in [2.24, 2.45) is 0 Å². The molecule has 0 heterocycles. The molecule has 0 spiro atoms. The van der Waals surface area contributed by atoms with Crippen LogP contribution in [0.25, 0.3) is 0 Å². The summed E-state index contributed by atoms with van der Waals surface area (Å²) in [6.07, 6.45) is 0.876. The first-order chi connectivity index (χ1) is 6.76. The first-order valence-electron chi connectivity index (χ1n) is 4.52. The summed E-state index contributed by atoms with van der Waals surface area (Å²) < 4.78 is 5.01. The van der Waals surface area contributed by atoms with Crippen LogP contribution in [0.3, 0.4) is 0 Å². The third-order valence-electron chi connectivity index (χ3n) is 2.04. The average molecular weight is 194 g/mol. The Balaban J connectivity index is 2.47. The highest BCUT2D eigenvalue weighted by Gasteiger charge is 2.01. The number of ether oxygens (including phenoxy) is 1. The zero-order chi connectivity index (χ0) is 10.4. The second-order valence-corrected chi connectivity index (χ2v) is 3.09. The number of aldehydes is 1. The molecule has 0 radical (unpaired) electrons. The Bertz CT molecular complexity index is 279. The lowest BCUT2D eigenvalue weighted by atomic mass is 10.1. The van der Waals surface area contributed by atoms with Crippen molar-refractivity contribution in [3.05, 3.63) is 29.8 Å². The molecule has 0 bridgehead atoms. The van der Waals surface area contributed by atoms with Gasteiger partial charge in [0.2, 0.25) is 0 Å². The van der Waals surface area contributed by atoms with Crippen LogP contribution in [0.5, 0.6) is 5.75 Å². The van der Waals surface area contributed by atoms with E-state index >= 15 is 0 Å². The Morgan fingerprint density at radius 2 is 2.07 bits per heavy atom. The molecular formula is C11H14O3. The fourth-order valence-corrected chi connectivity index (χ4v) is 1.17. The Morgan fingerprint density at radius 1 is 1.43 bits per heavy atom. The molecule has 0 aromatic heterocycles. The number of carbonyl (C=O) groups is 1. The summed E-state index contributed by atoms with van der Waals surface area (Å²) >= 11 is 0. The number of aliphatic hydroxyl groups is 1. The monoisotopic (exact) mass is 194 g/mol. The lowest BCUT2D eigenvalue weighted by molar-refractivity contribution is -0.115. The number of carbonyl (C=O) groups excluding carboxylic acids is 1. The molecule has 1 aromatic carbocycles. The second kappa shape index (κ2) is 5.40. The van der Waals surface area contributed by atoms with Gasteiger partial charge >= 0.3 is 0 Å². The van der Waals surface area contributed by atoms with Crippen molar-refractivity contribution in [1.82, 2.24) is 0 Å². The van der Waals surface area contributed by atoms with E-state index in [1.54, 1.807) is 7.11 Å². The second-order valence-electron chi connectivity index (χ2n) is 3.09. The van der Waals surface area contributed by atoms with Crippen LogP contribution in [0.2, 0.25) is 0 Å². The lowest BCUT2D eigenvalue weighted by Crippen LogP contribution is -2.08. The molecular weight excluding hydrogens is 180 g/mol. The van der Waals surface area contributed by atoms with E-state index in [4.69, 9.17) is 9.84 Å². The summed E-state index contributed by atoms with van der Waals surface area (Å²) in [7, 11) is 1.62. The van der Waals surface area contributed by atoms with Gasteiger partial charge in [-0.2, -0.15) is 0 Å². The van der Waals surface area contributed by atoms with Crippen molar-refractivity contribution in [3.63, 3.8) is 0 Å². The van der Waals surface area contributed by atoms with Crippen molar-refractivity contribution in [1.29, 1.82) is 0 Å². The number of rotatable bonds is 5. The minimum Gasteiger partial charge on any atom is -0.497 e. The van der Waals surface area contributed by atoms with Gasteiger partial charge in [-0.25, -0.2) is 0 Å². The summed E-state index contributed by atoms with van der Waals surface area (Å²) in [6.45, 7) is 0. The van der Waals surface area contributed by atoms with Gasteiger partial charge in [0.05, 0.1) is 7.11 Å². The predicted molar refractivity (Wildman–Crippen MR) is 53.4 cm³/mol. The first kappa shape index (κ1) is 10.7. The Kier molecular flexibility index (Phi) is 4.13. The molecule has 3 heteroatoms. The predicted octanol–water partition coefficient (Wildman–Crippen LogP) is 1.19. The summed E-state index contributed by atoms with van der Waals surface area (Å²) in [4.78, 5) is 10.2. The van der Waals surface area contributed by atoms with E-state index in [9.17, 15) is 4.79 Å². The van der Waals surface area contributed by atoms with Crippen molar-refractivity contribution in [3.8, 4) is 5.75 Å². The zero-order valence-corrected chi connectivity index (χ0v) is 8.14. The van der Waals surface area contributed by atoms with Crippen LogP contribution in [-0.2, 0) is 11.2 Å². The van der Waals surface area contributed by atoms with E-state index in [0.29, 0.717) is 19.1 Å². The van der Waals surface area contributed by atoms with Crippen LogP contribution in [0.1, 0.15) is 12.0 Å². The van der Waals surface area contributed by atoms with Crippen LogP contribution in [0.15, 0.2) is 24.3 Å². The van der Waals surface area contributed by atoms with E-state index in [2.05, 4.69) is 0 Å². The molecule has 0 saturated heterocycles. The normalized spacial score (nSPS) is 12.1. The smallest absolute Gasteiger partial charge is 0.148 e. The average Bonchev–Trinajstić information content (AvgIpc) is 2.26. The maximum absolute atomic E-state index is 10.2. The highest BCUT2D eigenvalue weighted by Crippen LogP contribution is 2.12. The van der Waals surface area contributed by atoms with Crippen molar-refractivity contribution in [2.75, 3.05) is 7.11 Å². The molecule has 0 saturated carbocycles. The minimum absolute atomic E-state index is 0.468. The van der Waals surface area contributed by atoms with E-state index in [-0.39, 0.29) is 0 Å². The van der Waals surface area contributed by atoms with E-state index in [1.165, 1.54) is 0 Å². The van der Waals surface area contributed by atoms with Crippen LogP contribution in [-0.4, -0.2) is 24.6 Å². The molecule has 3 nitrogen and oxygen atoms in total. The molecule has 76 valence electrons. The summed E-state index contributed by atoms with van der Waals surface area (Å²) in [5.74, 6) is 0.810. The van der Waals surface area contributed by atoms with Crippen LogP contribution < -0.4 is 4.74 Å². The molecule has 1 rings (SSSR count). The molecule has 1 N–H and O–H groups in total. The summed E-state index contributed by atoms with van der Waals surface area (Å²) in [5, 5.41) is 9.03. The van der Waals surface area contributed by atoms with Crippen LogP contribution >= 0.6 is 0 Å². The highest BCUT2D eigenvalue weighted by molar-refractivity contribution is 5.55. The van der Waals surface area contributed by atoms with Crippen molar-refractivity contribution in [2.45, 2.75) is 18.9 Å². The molecule has 0 aliphatic rings. The quantitative estimate of drug-likeness (QED) is 0.716. The Morgan fingerprint density at radius 3 is 2.57 bits per heavy atom. The molecule has 0 aliphatic heterocycles. The molecule has 14 heavy (non-hydrogen) atoms. The molecule has 1 atom stereocenters. The standard InChI is InChI=1S/C11H14O3/c1-14-11-6-3-9(4-7-11)2-5-10(13)8-12/h3-4,6-8,10,13H,2,5H2,1H3. The summed E-state index contributed by atoms with van der Waals surface area (Å²) in [6, 6.07) is 7.58. The van der Waals surface area contributed by atoms with E-state index in [0.717, 1.165) is 11.3 Å². The van der Waals surface area contributed by atoms with Gasteiger partial charge in [-0.05, 0) is 30.5 Å². The third kappa shape index (κ3) is 3.18. The molecule has 1 aromatic rings. The Hall–Kier alpha value is -1.35. The lowest BCUT2D eigenvalue weighted by Gasteiger charge is -2.04. The number of aliphatic hydroxyl groups excluding tert-OH is 1. The van der Waals surface area contributed by atoms with Gasteiger partial charge < -0.3 is 14.6 Å². The topological polar surface area (TPSA) is 46.5 Å². The summed E-state index contributed by atoms with van der Waals surface area (Å²) in [5.41, 5.74) is 1.09. The fraction of sp³-hybridized carbons (Fsp3) is 0.364. The van der Waals surface area contributed by atoms with Crippen LogP contribution in [0.4, 0.5) is 0 Å². The molecule has 0 amide bonds. The number of benzene rings is 1. The largest absolute Gasteiger partial charge is 0.497 e. The molecule has 1 unspecified atom stereocenters. The maximum Gasteiger partial charge on any atom is 0.148 e. The van der Waals surface area contributed by atoms with Crippen LogP contribution in [0, 0.1) is 0 Å². The maximum atomic E-state index is 10.2. The van der Waals surface area contributed by atoms with Crippen molar-refractivity contribution >= 4 is 6.29 Å².